The molecule has 3 nitrogen and oxygen atoms in total. The second-order valence-corrected chi connectivity index (χ2v) is 4.46. The fourth-order valence-electron chi connectivity index (χ4n) is 2.17. The molecule has 1 aromatic rings. The van der Waals surface area contributed by atoms with Crippen LogP contribution in [-0.4, -0.2) is 16.9 Å². The van der Waals surface area contributed by atoms with Crippen LogP contribution in [0.2, 0.25) is 0 Å². The summed E-state index contributed by atoms with van der Waals surface area (Å²) in [6.07, 6.45) is 1.68. The molecule has 0 amide bonds. The van der Waals surface area contributed by atoms with Gasteiger partial charge in [-0.2, -0.15) is 0 Å². The molecule has 0 aromatic heterocycles. The molecule has 0 heterocycles. The fraction of sp³-hybridized carbons (Fsp3) is 0.385. The predicted molar refractivity (Wildman–Crippen MR) is 59.1 cm³/mol. The van der Waals surface area contributed by atoms with E-state index in [1.807, 2.05) is 30.3 Å². The lowest BCUT2D eigenvalue weighted by Gasteiger charge is -2.36. The Hall–Kier alpha value is -1.64. The molecule has 0 atom stereocenters. The van der Waals surface area contributed by atoms with E-state index in [1.165, 1.54) is 0 Å². The van der Waals surface area contributed by atoms with Gasteiger partial charge in [0.1, 0.15) is 5.78 Å². The topological polar surface area (TPSA) is 54.4 Å². The maximum absolute atomic E-state index is 11.1. The highest BCUT2D eigenvalue weighted by molar-refractivity contribution is 5.96. The molecule has 0 spiro atoms. The van der Waals surface area contributed by atoms with Gasteiger partial charge in [-0.25, -0.2) is 0 Å². The zero-order valence-corrected chi connectivity index (χ0v) is 8.98. The standard InChI is InChI=1S/C13H14O3/c14-11-8-13(9-11,12(15)16)7-6-10-4-2-1-3-5-10/h1-5H,6-9H2,(H,15,16). The van der Waals surface area contributed by atoms with Crippen LogP contribution in [0.15, 0.2) is 30.3 Å². The number of aryl methyl sites for hydroxylation is 1. The molecule has 2 rings (SSSR count). The molecule has 1 aliphatic carbocycles. The van der Waals surface area contributed by atoms with Crippen molar-refractivity contribution >= 4 is 11.8 Å². The fourth-order valence-corrected chi connectivity index (χ4v) is 2.17. The van der Waals surface area contributed by atoms with Crippen LogP contribution < -0.4 is 0 Å². The number of rotatable bonds is 4. The number of Topliss-reactive ketones (excluding diaryl/α,β-unsaturated/α-hetero) is 1. The highest BCUT2D eigenvalue weighted by atomic mass is 16.4. The first-order valence-corrected chi connectivity index (χ1v) is 5.41. The lowest BCUT2D eigenvalue weighted by molar-refractivity contribution is -0.161. The van der Waals surface area contributed by atoms with E-state index in [0.29, 0.717) is 6.42 Å². The number of carboxylic acids is 1. The largest absolute Gasteiger partial charge is 0.481 e. The molecule has 1 saturated carbocycles. The zero-order valence-electron chi connectivity index (χ0n) is 8.98. The summed E-state index contributed by atoms with van der Waals surface area (Å²) in [5.41, 5.74) is 0.342. The van der Waals surface area contributed by atoms with E-state index < -0.39 is 11.4 Å². The Balaban J connectivity index is 1.99. The van der Waals surface area contributed by atoms with Crippen molar-refractivity contribution < 1.29 is 14.7 Å². The van der Waals surface area contributed by atoms with Crippen LogP contribution in [0.25, 0.3) is 0 Å². The Bertz CT molecular complexity index is 400. The van der Waals surface area contributed by atoms with Crippen molar-refractivity contribution in [3.05, 3.63) is 35.9 Å². The second-order valence-electron chi connectivity index (χ2n) is 4.46. The van der Waals surface area contributed by atoms with Crippen LogP contribution in [0.5, 0.6) is 0 Å². The van der Waals surface area contributed by atoms with Crippen molar-refractivity contribution in [3.8, 4) is 0 Å². The number of carbonyl (C=O) groups is 2. The summed E-state index contributed by atoms with van der Waals surface area (Å²) < 4.78 is 0. The Morgan fingerprint density at radius 1 is 1.25 bits per heavy atom. The van der Waals surface area contributed by atoms with Gasteiger partial charge in [0.25, 0.3) is 0 Å². The zero-order chi connectivity index (χ0) is 11.6. The third-order valence-electron chi connectivity index (χ3n) is 3.26. The number of hydrogen-bond acceptors (Lipinski definition) is 2. The summed E-state index contributed by atoms with van der Waals surface area (Å²) in [5, 5.41) is 9.13. The molecule has 3 heteroatoms. The quantitative estimate of drug-likeness (QED) is 0.841. The molecule has 1 aliphatic rings. The van der Waals surface area contributed by atoms with E-state index in [-0.39, 0.29) is 18.6 Å². The molecule has 0 bridgehead atoms. The van der Waals surface area contributed by atoms with Gasteiger partial charge in [-0.05, 0) is 18.4 Å². The molecule has 0 radical (unpaired) electrons. The summed E-state index contributed by atoms with van der Waals surface area (Å²) in [6.45, 7) is 0. The summed E-state index contributed by atoms with van der Waals surface area (Å²) in [5.74, 6) is -0.765. The first kappa shape index (κ1) is 10.9. The maximum Gasteiger partial charge on any atom is 0.310 e. The lowest BCUT2D eigenvalue weighted by Crippen LogP contribution is -2.44. The van der Waals surface area contributed by atoms with Crippen molar-refractivity contribution in [2.24, 2.45) is 5.41 Å². The van der Waals surface area contributed by atoms with E-state index in [0.717, 1.165) is 12.0 Å². The lowest BCUT2D eigenvalue weighted by atomic mass is 9.65. The third kappa shape index (κ3) is 1.98. The minimum absolute atomic E-state index is 0.0652. The van der Waals surface area contributed by atoms with Crippen molar-refractivity contribution in [1.29, 1.82) is 0 Å². The number of carboxylic acid groups (broad SMARTS) is 1. The van der Waals surface area contributed by atoms with Gasteiger partial charge < -0.3 is 5.11 Å². The second kappa shape index (κ2) is 4.08. The molecular formula is C13H14O3. The van der Waals surface area contributed by atoms with Crippen molar-refractivity contribution in [3.63, 3.8) is 0 Å². The SMILES string of the molecule is O=C1CC(CCc2ccccc2)(C(=O)O)C1. The molecule has 1 aromatic carbocycles. The summed E-state index contributed by atoms with van der Waals surface area (Å²) in [4.78, 5) is 22.1. The molecule has 1 fully saturated rings. The number of aliphatic carboxylic acids is 1. The van der Waals surface area contributed by atoms with Crippen molar-refractivity contribution in [2.45, 2.75) is 25.7 Å². The summed E-state index contributed by atoms with van der Waals surface area (Å²) in [7, 11) is 0. The Kier molecular flexibility index (Phi) is 2.77. The number of benzene rings is 1. The Labute approximate surface area is 94.1 Å². The van der Waals surface area contributed by atoms with Gasteiger partial charge in [0.15, 0.2) is 0 Å². The van der Waals surface area contributed by atoms with Crippen LogP contribution in [0.3, 0.4) is 0 Å². The average Bonchev–Trinajstić information content (AvgIpc) is 2.23. The van der Waals surface area contributed by atoms with Gasteiger partial charge in [0.2, 0.25) is 0 Å². The van der Waals surface area contributed by atoms with E-state index in [2.05, 4.69) is 0 Å². The summed E-state index contributed by atoms with van der Waals surface area (Å²) >= 11 is 0. The average molecular weight is 218 g/mol. The normalized spacial score (nSPS) is 17.9. The van der Waals surface area contributed by atoms with Crippen LogP contribution in [-0.2, 0) is 16.0 Å². The smallest absolute Gasteiger partial charge is 0.310 e. The molecule has 1 N–H and O–H groups in total. The third-order valence-corrected chi connectivity index (χ3v) is 3.26. The molecule has 0 saturated heterocycles. The summed E-state index contributed by atoms with van der Waals surface area (Å²) in [6, 6.07) is 9.78. The minimum atomic E-state index is -0.831. The first-order valence-electron chi connectivity index (χ1n) is 5.41. The van der Waals surface area contributed by atoms with Crippen molar-refractivity contribution in [1.82, 2.24) is 0 Å². The van der Waals surface area contributed by atoms with Gasteiger partial charge in [-0.3, -0.25) is 9.59 Å². The highest BCUT2D eigenvalue weighted by Gasteiger charge is 2.49. The number of hydrogen-bond donors (Lipinski definition) is 1. The number of ketones is 1. The minimum Gasteiger partial charge on any atom is -0.481 e. The van der Waals surface area contributed by atoms with Gasteiger partial charge in [-0.1, -0.05) is 30.3 Å². The highest BCUT2D eigenvalue weighted by Crippen LogP contribution is 2.42. The predicted octanol–water partition coefficient (Wildman–Crippen LogP) is 2.05. The van der Waals surface area contributed by atoms with Crippen LogP contribution in [0.4, 0.5) is 0 Å². The van der Waals surface area contributed by atoms with Crippen molar-refractivity contribution in [2.75, 3.05) is 0 Å². The molecule has 0 aliphatic heterocycles. The van der Waals surface area contributed by atoms with Gasteiger partial charge in [0, 0.05) is 12.8 Å². The molecule has 0 unspecified atom stereocenters. The number of carbonyl (C=O) groups excluding carboxylic acids is 1. The van der Waals surface area contributed by atoms with Gasteiger partial charge in [-0.15, -0.1) is 0 Å². The van der Waals surface area contributed by atoms with E-state index in [1.54, 1.807) is 0 Å². The van der Waals surface area contributed by atoms with Gasteiger partial charge in [0.05, 0.1) is 5.41 Å². The molecule has 84 valence electrons. The maximum atomic E-state index is 11.1. The monoisotopic (exact) mass is 218 g/mol. The van der Waals surface area contributed by atoms with E-state index in [4.69, 9.17) is 5.11 Å². The molecule has 16 heavy (non-hydrogen) atoms. The van der Waals surface area contributed by atoms with E-state index in [9.17, 15) is 9.59 Å². The Morgan fingerprint density at radius 3 is 2.38 bits per heavy atom. The van der Waals surface area contributed by atoms with Crippen LogP contribution in [0.1, 0.15) is 24.8 Å². The first-order chi connectivity index (χ1) is 7.62. The molecular weight excluding hydrogens is 204 g/mol. The van der Waals surface area contributed by atoms with Crippen LogP contribution >= 0.6 is 0 Å². The van der Waals surface area contributed by atoms with E-state index >= 15 is 0 Å². The van der Waals surface area contributed by atoms with Gasteiger partial charge >= 0.3 is 5.97 Å². The Morgan fingerprint density at radius 2 is 1.88 bits per heavy atom. The van der Waals surface area contributed by atoms with Crippen LogP contribution in [0, 0.1) is 5.41 Å².